The highest BCUT2D eigenvalue weighted by molar-refractivity contribution is 5.76. The van der Waals surface area contributed by atoms with Gasteiger partial charge in [0.25, 0.3) is 0 Å². The first-order valence-electron chi connectivity index (χ1n) is 5.60. The zero-order chi connectivity index (χ0) is 12.1. The van der Waals surface area contributed by atoms with Crippen molar-refractivity contribution in [1.82, 2.24) is 5.32 Å². The van der Waals surface area contributed by atoms with Gasteiger partial charge < -0.3 is 11.1 Å². The van der Waals surface area contributed by atoms with Crippen LogP contribution in [0.25, 0.3) is 0 Å². The number of hydrogen-bond acceptors (Lipinski definition) is 2. The zero-order valence-electron chi connectivity index (χ0n) is 10.2. The highest BCUT2D eigenvalue weighted by atomic mass is 16.1. The zero-order valence-corrected chi connectivity index (χ0v) is 10.2. The molecule has 0 aliphatic rings. The molecule has 1 atom stereocenters. The van der Waals surface area contributed by atoms with Crippen LogP contribution in [0.5, 0.6) is 0 Å². The molecule has 0 radical (unpaired) electrons. The summed E-state index contributed by atoms with van der Waals surface area (Å²) in [5.74, 6) is 0.00848. The number of rotatable bonds is 4. The molecule has 0 heterocycles. The molecule has 0 bridgehead atoms. The second kappa shape index (κ2) is 5.66. The van der Waals surface area contributed by atoms with Crippen LogP contribution < -0.4 is 11.1 Å². The molecule has 0 saturated carbocycles. The first kappa shape index (κ1) is 12.7. The molecule has 0 aromatic heterocycles. The Morgan fingerprint density at radius 2 is 1.88 bits per heavy atom. The third-order valence-corrected chi connectivity index (χ3v) is 2.49. The van der Waals surface area contributed by atoms with Crippen LogP contribution in [-0.4, -0.2) is 12.5 Å². The van der Waals surface area contributed by atoms with Crippen molar-refractivity contribution in [3.63, 3.8) is 0 Å². The quantitative estimate of drug-likeness (QED) is 0.813. The Hall–Kier alpha value is -1.35. The van der Waals surface area contributed by atoms with Crippen LogP contribution in [0.2, 0.25) is 0 Å². The fourth-order valence-electron chi connectivity index (χ4n) is 1.79. The topological polar surface area (TPSA) is 55.1 Å². The second-order valence-corrected chi connectivity index (χ2v) is 4.25. The predicted octanol–water partition coefficient (Wildman–Crippen LogP) is 1.83. The van der Waals surface area contributed by atoms with E-state index in [9.17, 15) is 4.79 Å². The molecule has 0 saturated heterocycles. The monoisotopic (exact) mass is 220 g/mol. The Bertz CT molecular complexity index is 354. The minimum Gasteiger partial charge on any atom is -0.350 e. The molecule has 0 fully saturated rings. The predicted molar refractivity (Wildman–Crippen MR) is 66.1 cm³/mol. The third-order valence-electron chi connectivity index (χ3n) is 2.49. The molecule has 0 spiro atoms. The normalized spacial score (nSPS) is 12.2. The van der Waals surface area contributed by atoms with Crippen LogP contribution in [-0.2, 0) is 4.79 Å². The minimum atomic E-state index is 0.00848. The Balaban J connectivity index is 2.72. The van der Waals surface area contributed by atoms with Gasteiger partial charge in [-0.1, -0.05) is 29.3 Å². The smallest absolute Gasteiger partial charge is 0.221 e. The van der Waals surface area contributed by atoms with Crippen molar-refractivity contribution in [2.24, 2.45) is 5.73 Å². The summed E-state index contributed by atoms with van der Waals surface area (Å²) in [6, 6.07) is 6.36. The standard InChI is InChI=1S/C13H20N2O/c1-9-6-10(2)8-12(7-9)11(3)15-13(16)4-5-14/h6-8,11H,4-5,14H2,1-3H3,(H,15,16). The van der Waals surface area contributed by atoms with Gasteiger partial charge in [-0.3, -0.25) is 4.79 Å². The van der Waals surface area contributed by atoms with E-state index in [0.29, 0.717) is 13.0 Å². The highest BCUT2D eigenvalue weighted by Crippen LogP contribution is 2.16. The lowest BCUT2D eigenvalue weighted by atomic mass is 10.0. The molecule has 0 aliphatic heterocycles. The number of nitrogens with two attached hydrogens (primary N) is 1. The van der Waals surface area contributed by atoms with Crippen LogP contribution in [0.1, 0.15) is 36.1 Å². The molecule has 1 rings (SSSR count). The average Bonchev–Trinajstić information content (AvgIpc) is 2.16. The maximum Gasteiger partial charge on any atom is 0.221 e. The van der Waals surface area contributed by atoms with Gasteiger partial charge in [-0.15, -0.1) is 0 Å². The number of hydrogen-bond donors (Lipinski definition) is 2. The average molecular weight is 220 g/mol. The third kappa shape index (κ3) is 3.66. The molecule has 3 nitrogen and oxygen atoms in total. The van der Waals surface area contributed by atoms with Gasteiger partial charge in [0, 0.05) is 13.0 Å². The summed E-state index contributed by atoms with van der Waals surface area (Å²) in [4.78, 5) is 11.4. The summed E-state index contributed by atoms with van der Waals surface area (Å²) >= 11 is 0. The summed E-state index contributed by atoms with van der Waals surface area (Å²) in [5, 5.41) is 2.93. The van der Waals surface area contributed by atoms with Crippen LogP contribution in [0, 0.1) is 13.8 Å². The van der Waals surface area contributed by atoms with E-state index in [-0.39, 0.29) is 11.9 Å². The van der Waals surface area contributed by atoms with Crippen molar-refractivity contribution in [1.29, 1.82) is 0 Å². The number of nitrogens with one attached hydrogen (secondary N) is 1. The summed E-state index contributed by atoms with van der Waals surface area (Å²) in [5.41, 5.74) is 8.91. The van der Waals surface area contributed by atoms with E-state index in [4.69, 9.17) is 5.73 Å². The van der Waals surface area contributed by atoms with Gasteiger partial charge in [0.2, 0.25) is 5.91 Å². The molecule has 1 unspecified atom stereocenters. The van der Waals surface area contributed by atoms with E-state index in [1.165, 1.54) is 11.1 Å². The summed E-state index contributed by atoms with van der Waals surface area (Å²) in [6.07, 6.45) is 0.384. The van der Waals surface area contributed by atoms with Crippen LogP contribution in [0.3, 0.4) is 0 Å². The summed E-state index contributed by atoms with van der Waals surface area (Å²) < 4.78 is 0. The maximum absolute atomic E-state index is 11.4. The lowest BCUT2D eigenvalue weighted by molar-refractivity contribution is -0.121. The van der Waals surface area contributed by atoms with E-state index >= 15 is 0 Å². The van der Waals surface area contributed by atoms with Gasteiger partial charge in [-0.25, -0.2) is 0 Å². The number of benzene rings is 1. The Kier molecular flexibility index (Phi) is 4.50. The van der Waals surface area contributed by atoms with E-state index in [1.54, 1.807) is 0 Å². The van der Waals surface area contributed by atoms with Gasteiger partial charge in [0.15, 0.2) is 0 Å². The van der Waals surface area contributed by atoms with Crippen molar-refractivity contribution in [3.05, 3.63) is 34.9 Å². The van der Waals surface area contributed by atoms with Crippen molar-refractivity contribution < 1.29 is 4.79 Å². The Labute approximate surface area is 97.0 Å². The van der Waals surface area contributed by atoms with Crippen molar-refractivity contribution >= 4 is 5.91 Å². The maximum atomic E-state index is 11.4. The van der Waals surface area contributed by atoms with Crippen molar-refractivity contribution in [2.45, 2.75) is 33.2 Å². The molecule has 3 heteroatoms. The molecule has 1 aromatic carbocycles. The van der Waals surface area contributed by atoms with E-state index in [2.05, 4.69) is 37.4 Å². The number of aryl methyl sites for hydroxylation is 2. The van der Waals surface area contributed by atoms with Crippen LogP contribution in [0.15, 0.2) is 18.2 Å². The van der Waals surface area contributed by atoms with Gasteiger partial charge >= 0.3 is 0 Å². The summed E-state index contributed by atoms with van der Waals surface area (Å²) in [7, 11) is 0. The van der Waals surface area contributed by atoms with Gasteiger partial charge in [-0.05, 0) is 26.3 Å². The molecule has 0 aliphatic carbocycles. The molecule has 88 valence electrons. The number of amides is 1. The highest BCUT2D eigenvalue weighted by Gasteiger charge is 2.09. The van der Waals surface area contributed by atoms with Gasteiger partial charge in [0.05, 0.1) is 6.04 Å². The van der Waals surface area contributed by atoms with Crippen molar-refractivity contribution in [3.8, 4) is 0 Å². The molecular formula is C13H20N2O. The number of carbonyl (C=O) groups is 1. The number of carbonyl (C=O) groups excluding carboxylic acids is 1. The van der Waals surface area contributed by atoms with Crippen LogP contribution in [0.4, 0.5) is 0 Å². The molecule has 16 heavy (non-hydrogen) atoms. The fraction of sp³-hybridized carbons (Fsp3) is 0.462. The molecule has 1 amide bonds. The SMILES string of the molecule is Cc1cc(C)cc(C(C)NC(=O)CCN)c1. The molecular weight excluding hydrogens is 200 g/mol. The second-order valence-electron chi connectivity index (χ2n) is 4.25. The van der Waals surface area contributed by atoms with E-state index < -0.39 is 0 Å². The lowest BCUT2D eigenvalue weighted by Gasteiger charge is -2.15. The van der Waals surface area contributed by atoms with Crippen molar-refractivity contribution in [2.75, 3.05) is 6.54 Å². The summed E-state index contributed by atoms with van der Waals surface area (Å²) in [6.45, 7) is 6.50. The molecule has 1 aromatic rings. The fourth-order valence-corrected chi connectivity index (χ4v) is 1.79. The Morgan fingerprint density at radius 3 is 2.38 bits per heavy atom. The largest absolute Gasteiger partial charge is 0.350 e. The first-order chi connectivity index (χ1) is 7.52. The van der Waals surface area contributed by atoms with Crippen LogP contribution >= 0.6 is 0 Å². The minimum absolute atomic E-state index is 0.00848. The van der Waals surface area contributed by atoms with E-state index in [0.717, 1.165) is 5.56 Å². The first-order valence-corrected chi connectivity index (χ1v) is 5.60. The molecule has 3 N–H and O–H groups in total. The Morgan fingerprint density at radius 1 is 1.31 bits per heavy atom. The van der Waals surface area contributed by atoms with Gasteiger partial charge in [0.1, 0.15) is 0 Å². The van der Waals surface area contributed by atoms with Gasteiger partial charge in [-0.2, -0.15) is 0 Å². The van der Waals surface area contributed by atoms with E-state index in [1.807, 2.05) is 6.92 Å². The lowest BCUT2D eigenvalue weighted by Crippen LogP contribution is -2.28.